The Hall–Kier alpha value is -2.38. The van der Waals surface area contributed by atoms with E-state index in [4.69, 9.17) is 17.3 Å². The molecule has 6 nitrogen and oxygen atoms in total. The number of benzene rings is 1. The highest BCUT2D eigenvalue weighted by Crippen LogP contribution is 2.35. The van der Waals surface area contributed by atoms with E-state index in [-0.39, 0.29) is 6.17 Å². The first-order valence-electron chi connectivity index (χ1n) is 8.15. The van der Waals surface area contributed by atoms with Crippen LogP contribution >= 0.6 is 22.9 Å². The van der Waals surface area contributed by atoms with Gasteiger partial charge >= 0.3 is 0 Å². The zero-order chi connectivity index (χ0) is 18.8. The van der Waals surface area contributed by atoms with Crippen LogP contribution in [0, 0.1) is 6.92 Å². The third kappa shape index (κ3) is 3.73. The Morgan fingerprint density at radius 2 is 2.19 bits per heavy atom. The summed E-state index contributed by atoms with van der Waals surface area (Å²) in [7, 11) is 0. The number of para-hydroxylation sites is 1. The quantitative estimate of drug-likeness (QED) is 0.814. The summed E-state index contributed by atoms with van der Waals surface area (Å²) in [5.74, 6) is -0.475. The number of aliphatic imine (C=N–C) groups is 1. The summed E-state index contributed by atoms with van der Waals surface area (Å²) >= 11 is 7.72. The highest BCUT2D eigenvalue weighted by atomic mass is 35.5. The molecule has 0 fully saturated rings. The van der Waals surface area contributed by atoms with Crippen LogP contribution in [0.2, 0.25) is 5.02 Å². The minimum Gasteiger partial charge on any atom is -0.365 e. The number of aromatic nitrogens is 1. The fourth-order valence-corrected chi connectivity index (χ4v) is 3.95. The lowest BCUT2D eigenvalue weighted by Gasteiger charge is -2.36. The Balaban J connectivity index is 1.88. The van der Waals surface area contributed by atoms with Crippen LogP contribution in [0.15, 0.2) is 41.2 Å². The topological polar surface area (TPSA) is 83.6 Å². The van der Waals surface area contributed by atoms with E-state index in [1.54, 1.807) is 0 Å². The number of thiazole rings is 1. The SMILES string of the molecule is CC1=NC(C)N(c2c(C)cccc2Cl)C(CNc2ncc(C(N)=O)s2)=C1. The van der Waals surface area contributed by atoms with Gasteiger partial charge < -0.3 is 16.0 Å². The first-order chi connectivity index (χ1) is 12.4. The van der Waals surface area contributed by atoms with Gasteiger partial charge in [0.1, 0.15) is 11.0 Å². The second kappa shape index (κ2) is 7.47. The Morgan fingerprint density at radius 3 is 2.85 bits per heavy atom. The molecular formula is C18H20ClN5OS. The number of carbonyl (C=O) groups excluding carboxylic acids is 1. The summed E-state index contributed by atoms with van der Waals surface area (Å²) in [6, 6.07) is 5.85. The van der Waals surface area contributed by atoms with Gasteiger partial charge in [-0.15, -0.1) is 0 Å². The molecule has 1 unspecified atom stereocenters. The number of primary amides is 1. The Bertz CT molecular complexity index is 884. The number of nitrogens with one attached hydrogen (secondary N) is 1. The molecule has 1 aliphatic heterocycles. The molecule has 2 heterocycles. The smallest absolute Gasteiger partial charge is 0.260 e. The van der Waals surface area contributed by atoms with Gasteiger partial charge in [-0.25, -0.2) is 4.98 Å². The van der Waals surface area contributed by atoms with Crippen LogP contribution in [0.1, 0.15) is 29.1 Å². The average molecular weight is 390 g/mol. The Morgan fingerprint density at radius 1 is 1.42 bits per heavy atom. The van der Waals surface area contributed by atoms with Gasteiger partial charge in [-0.3, -0.25) is 9.79 Å². The molecule has 26 heavy (non-hydrogen) atoms. The fourth-order valence-electron chi connectivity index (χ4n) is 2.97. The molecule has 3 rings (SSSR count). The Kier molecular flexibility index (Phi) is 5.29. The molecule has 1 aliphatic rings. The molecule has 0 aliphatic carbocycles. The van der Waals surface area contributed by atoms with Gasteiger partial charge in [0, 0.05) is 11.4 Å². The lowest BCUT2D eigenvalue weighted by molar-refractivity contribution is 0.100. The van der Waals surface area contributed by atoms with Gasteiger partial charge in [-0.1, -0.05) is 35.1 Å². The number of rotatable bonds is 5. The number of aryl methyl sites for hydroxylation is 1. The number of nitrogens with zero attached hydrogens (tertiary/aromatic N) is 3. The molecule has 0 saturated heterocycles. The third-order valence-electron chi connectivity index (χ3n) is 4.05. The zero-order valence-corrected chi connectivity index (χ0v) is 16.4. The van der Waals surface area contributed by atoms with Crippen molar-refractivity contribution in [1.29, 1.82) is 0 Å². The van der Waals surface area contributed by atoms with Crippen LogP contribution in [0.3, 0.4) is 0 Å². The van der Waals surface area contributed by atoms with Crippen molar-refractivity contribution < 1.29 is 4.79 Å². The molecule has 0 bridgehead atoms. The van der Waals surface area contributed by atoms with Crippen LogP contribution in [0.5, 0.6) is 0 Å². The summed E-state index contributed by atoms with van der Waals surface area (Å²) in [5, 5.41) is 4.59. The Labute approximate surface area is 161 Å². The predicted octanol–water partition coefficient (Wildman–Crippen LogP) is 3.83. The molecule has 1 aromatic heterocycles. The highest BCUT2D eigenvalue weighted by Gasteiger charge is 2.25. The number of allylic oxidation sites excluding steroid dienone is 1. The maximum absolute atomic E-state index is 11.2. The van der Waals surface area contributed by atoms with Gasteiger partial charge in [-0.2, -0.15) is 0 Å². The van der Waals surface area contributed by atoms with Gasteiger partial charge in [0.2, 0.25) is 0 Å². The van der Waals surface area contributed by atoms with Crippen molar-refractivity contribution in [2.75, 3.05) is 16.8 Å². The minimum atomic E-state index is -0.475. The summed E-state index contributed by atoms with van der Waals surface area (Å²) < 4.78 is 0. The molecule has 1 aromatic carbocycles. The summed E-state index contributed by atoms with van der Waals surface area (Å²) in [6.07, 6.45) is 3.43. The van der Waals surface area contributed by atoms with Crippen LogP contribution in [-0.2, 0) is 0 Å². The summed E-state index contributed by atoms with van der Waals surface area (Å²) in [4.78, 5) is 22.6. The van der Waals surface area contributed by atoms with Gasteiger partial charge in [0.25, 0.3) is 5.91 Å². The van der Waals surface area contributed by atoms with Crippen molar-refractivity contribution in [2.45, 2.75) is 26.9 Å². The first-order valence-corrected chi connectivity index (χ1v) is 9.35. The van der Waals surface area contributed by atoms with Crippen LogP contribution < -0.4 is 16.0 Å². The van der Waals surface area contributed by atoms with Crippen molar-refractivity contribution in [3.63, 3.8) is 0 Å². The second-order valence-corrected chi connectivity index (χ2v) is 7.50. The van der Waals surface area contributed by atoms with Crippen LogP contribution in [0.25, 0.3) is 0 Å². The van der Waals surface area contributed by atoms with E-state index in [2.05, 4.69) is 20.2 Å². The van der Waals surface area contributed by atoms with Crippen LogP contribution in [-0.4, -0.2) is 29.3 Å². The van der Waals surface area contributed by atoms with Gasteiger partial charge in [0.15, 0.2) is 5.13 Å². The second-order valence-electron chi connectivity index (χ2n) is 6.06. The average Bonchev–Trinajstić information content (AvgIpc) is 3.04. The number of anilines is 2. The van der Waals surface area contributed by atoms with E-state index in [9.17, 15) is 4.79 Å². The van der Waals surface area contributed by atoms with Crippen molar-refractivity contribution >= 4 is 45.4 Å². The van der Waals surface area contributed by atoms with Crippen LogP contribution in [0.4, 0.5) is 10.8 Å². The third-order valence-corrected chi connectivity index (χ3v) is 5.32. The minimum absolute atomic E-state index is 0.0760. The van der Waals surface area contributed by atoms with E-state index in [0.29, 0.717) is 21.6 Å². The zero-order valence-electron chi connectivity index (χ0n) is 14.8. The standard InChI is InChI=1S/C18H20ClN5OS/c1-10-5-4-6-14(19)16(10)24-12(3)23-11(2)7-13(24)8-21-18-22-9-15(26-18)17(20)25/h4-7,9,12H,8H2,1-3H3,(H2,20,25)(H,21,22). The molecular weight excluding hydrogens is 370 g/mol. The maximum Gasteiger partial charge on any atom is 0.260 e. The molecule has 2 aromatic rings. The normalized spacial score (nSPS) is 16.9. The number of halogens is 1. The number of hydrogen-bond acceptors (Lipinski definition) is 6. The van der Waals surface area contributed by atoms with E-state index in [1.165, 1.54) is 17.5 Å². The lowest BCUT2D eigenvalue weighted by atomic mass is 10.1. The molecule has 1 amide bonds. The number of hydrogen-bond donors (Lipinski definition) is 2. The molecule has 136 valence electrons. The van der Waals surface area contributed by atoms with Crippen molar-refractivity contribution in [1.82, 2.24) is 4.98 Å². The van der Waals surface area contributed by atoms with Crippen molar-refractivity contribution in [3.8, 4) is 0 Å². The molecule has 0 spiro atoms. The predicted molar refractivity (Wildman–Crippen MR) is 108 cm³/mol. The van der Waals surface area contributed by atoms with Gasteiger partial charge in [-0.05, 0) is 38.5 Å². The number of nitrogens with two attached hydrogens (primary N) is 1. The largest absolute Gasteiger partial charge is 0.365 e. The van der Waals surface area contributed by atoms with E-state index >= 15 is 0 Å². The maximum atomic E-state index is 11.2. The molecule has 0 saturated carbocycles. The number of carbonyl (C=O) groups is 1. The lowest BCUT2D eigenvalue weighted by Crippen LogP contribution is -2.38. The number of amides is 1. The van der Waals surface area contributed by atoms with Crippen molar-refractivity contribution in [3.05, 3.63) is 51.6 Å². The van der Waals surface area contributed by atoms with Gasteiger partial charge in [0.05, 0.1) is 23.5 Å². The summed E-state index contributed by atoms with van der Waals surface area (Å²) in [6.45, 7) is 6.56. The highest BCUT2D eigenvalue weighted by molar-refractivity contribution is 7.17. The molecule has 0 radical (unpaired) electrons. The van der Waals surface area contributed by atoms with E-state index in [1.807, 2.05) is 45.0 Å². The molecule has 1 atom stereocenters. The van der Waals surface area contributed by atoms with E-state index < -0.39 is 5.91 Å². The molecule has 8 heteroatoms. The fraction of sp³-hybridized carbons (Fsp3) is 0.278. The monoisotopic (exact) mass is 389 g/mol. The molecule has 3 N–H and O–H groups in total. The van der Waals surface area contributed by atoms with Crippen molar-refractivity contribution in [2.24, 2.45) is 10.7 Å². The van der Waals surface area contributed by atoms with E-state index in [0.717, 1.165) is 22.7 Å². The summed E-state index contributed by atoms with van der Waals surface area (Å²) in [5.41, 5.74) is 9.29. The first kappa shape index (κ1) is 18.4.